The fraction of sp³-hybridized carbons (Fsp3) is 0.600. The van der Waals surface area contributed by atoms with Crippen molar-refractivity contribution in [2.45, 2.75) is 45.6 Å². The van der Waals surface area contributed by atoms with E-state index in [9.17, 15) is 4.57 Å². The van der Waals surface area contributed by atoms with Gasteiger partial charge in [-0.25, -0.2) is 9.97 Å². The molecule has 0 radical (unpaired) electrons. The van der Waals surface area contributed by atoms with Crippen molar-refractivity contribution in [3.8, 4) is 5.75 Å². The lowest BCUT2D eigenvalue weighted by Gasteiger charge is -2.19. The van der Waals surface area contributed by atoms with Crippen molar-refractivity contribution < 1.29 is 18.3 Å². The fourth-order valence-corrected chi connectivity index (χ4v) is 5.70. The average molecular weight is 407 g/mol. The first kappa shape index (κ1) is 21.0. The Balaban J connectivity index is 1.61. The number of nitrogens with zero attached hydrogens (tertiary/aromatic N) is 2. The molecular formula is C20H30N3O4P. The molecule has 1 aliphatic rings. The summed E-state index contributed by atoms with van der Waals surface area (Å²) in [7, 11) is -1.31. The molecular weight excluding hydrogens is 377 g/mol. The lowest BCUT2D eigenvalue weighted by molar-refractivity contribution is 0.218. The number of anilines is 1. The lowest BCUT2D eigenvalue weighted by atomic mass is 10.1. The SMILES string of the molecule is CCOP(=O)(CC[C@@H]1CC[C@H](Nc2ncnc3c(OC)cccc23)C1)OCC. The van der Waals surface area contributed by atoms with Crippen LogP contribution in [0.1, 0.15) is 39.5 Å². The summed E-state index contributed by atoms with van der Waals surface area (Å²) in [6.45, 7) is 4.52. The standard InChI is InChI=1S/C20H30N3O4P/c1-4-26-28(24,27-5-2)12-11-15-9-10-16(13-15)23-20-17-7-6-8-18(25-3)19(17)21-14-22-20/h6-8,14-16H,4-5,9-13H2,1-3H3,(H,21,22,23)/t15-,16-/m0/s1. The molecule has 0 aliphatic heterocycles. The van der Waals surface area contributed by atoms with Crippen molar-refractivity contribution in [3.05, 3.63) is 24.5 Å². The summed E-state index contributed by atoms with van der Waals surface area (Å²) in [4.78, 5) is 8.80. The zero-order valence-corrected chi connectivity index (χ0v) is 17.8. The van der Waals surface area contributed by atoms with Crippen molar-refractivity contribution >= 4 is 24.3 Å². The number of hydrogen-bond acceptors (Lipinski definition) is 7. The molecule has 1 aromatic carbocycles. The Morgan fingerprint density at radius 2 is 1.96 bits per heavy atom. The molecule has 0 amide bonds. The number of ether oxygens (including phenoxy) is 1. The molecule has 1 fully saturated rings. The van der Waals surface area contributed by atoms with Gasteiger partial charge >= 0.3 is 7.60 Å². The molecule has 2 aromatic rings. The van der Waals surface area contributed by atoms with Crippen LogP contribution in [0.5, 0.6) is 5.75 Å². The predicted molar refractivity (Wildman–Crippen MR) is 111 cm³/mol. The zero-order valence-electron chi connectivity index (χ0n) is 16.9. The quantitative estimate of drug-likeness (QED) is 0.562. The van der Waals surface area contributed by atoms with Gasteiger partial charge in [0.1, 0.15) is 23.4 Å². The smallest absolute Gasteiger partial charge is 0.330 e. The maximum absolute atomic E-state index is 12.7. The van der Waals surface area contributed by atoms with Gasteiger partial charge < -0.3 is 19.1 Å². The second-order valence-electron chi connectivity index (χ2n) is 7.06. The van der Waals surface area contributed by atoms with Crippen LogP contribution in [-0.2, 0) is 13.6 Å². The van der Waals surface area contributed by atoms with E-state index in [1.807, 2.05) is 32.0 Å². The minimum absolute atomic E-state index is 0.341. The number of hydrogen-bond donors (Lipinski definition) is 1. The van der Waals surface area contributed by atoms with Crippen molar-refractivity contribution in [1.82, 2.24) is 9.97 Å². The van der Waals surface area contributed by atoms with Crippen LogP contribution >= 0.6 is 7.60 Å². The third-order valence-electron chi connectivity index (χ3n) is 5.19. The van der Waals surface area contributed by atoms with Gasteiger partial charge in [-0.2, -0.15) is 0 Å². The van der Waals surface area contributed by atoms with Gasteiger partial charge in [0, 0.05) is 11.4 Å². The van der Waals surface area contributed by atoms with E-state index in [-0.39, 0.29) is 0 Å². The van der Waals surface area contributed by atoms with Crippen LogP contribution in [0.15, 0.2) is 24.5 Å². The third-order valence-corrected chi connectivity index (χ3v) is 7.30. The first-order valence-corrected chi connectivity index (χ1v) is 11.7. The molecule has 1 heterocycles. The Bertz CT molecular complexity index is 822. The molecule has 1 N–H and O–H groups in total. The minimum atomic E-state index is -2.95. The van der Waals surface area contributed by atoms with Gasteiger partial charge in [-0.15, -0.1) is 0 Å². The van der Waals surface area contributed by atoms with Gasteiger partial charge in [-0.1, -0.05) is 6.07 Å². The first-order valence-electron chi connectivity index (χ1n) is 10.0. The van der Waals surface area contributed by atoms with Crippen LogP contribution in [0.4, 0.5) is 5.82 Å². The number of nitrogens with one attached hydrogen (secondary N) is 1. The molecule has 0 unspecified atom stereocenters. The van der Waals surface area contributed by atoms with Crippen LogP contribution in [0.2, 0.25) is 0 Å². The van der Waals surface area contributed by atoms with E-state index < -0.39 is 7.60 Å². The zero-order chi connectivity index (χ0) is 20.0. The van der Waals surface area contributed by atoms with E-state index in [0.29, 0.717) is 31.3 Å². The molecule has 3 rings (SSSR count). The Morgan fingerprint density at radius 1 is 1.18 bits per heavy atom. The van der Waals surface area contributed by atoms with Crippen molar-refractivity contribution in [2.75, 3.05) is 31.8 Å². The summed E-state index contributed by atoms with van der Waals surface area (Å²) in [5, 5.41) is 4.54. The van der Waals surface area contributed by atoms with Gasteiger partial charge in [0.15, 0.2) is 0 Å². The number of fused-ring (bicyclic) bond motifs is 1. The summed E-state index contributed by atoms with van der Waals surface area (Å²) < 4.78 is 28.9. The van der Waals surface area contributed by atoms with Crippen LogP contribution in [-0.4, -0.2) is 42.5 Å². The molecule has 1 aliphatic carbocycles. The van der Waals surface area contributed by atoms with E-state index in [1.54, 1.807) is 13.4 Å². The highest BCUT2D eigenvalue weighted by Crippen LogP contribution is 2.50. The predicted octanol–water partition coefficient (Wildman–Crippen LogP) is 4.88. The normalized spacial score (nSPS) is 19.8. The molecule has 8 heteroatoms. The van der Waals surface area contributed by atoms with E-state index in [2.05, 4.69) is 15.3 Å². The molecule has 2 atom stereocenters. The van der Waals surface area contributed by atoms with E-state index in [0.717, 1.165) is 48.2 Å². The van der Waals surface area contributed by atoms with Gasteiger partial charge in [0.05, 0.1) is 26.5 Å². The second-order valence-corrected chi connectivity index (χ2v) is 9.24. The number of methoxy groups -OCH3 is 1. The molecule has 0 saturated heterocycles. The van der Waals surface area contributed by atoms with Gasteiger partial charge in [-0.05, 0) is 57.6 Å². The molecule has 1 aromatic heterocycles. The van der Waals surface area contributed by atoms with Crippen LogP contribution in [0.3, 0.4) is 0 Å². The maximum Gasteiger partial charge on any atom is 0.330 e. The third kappa shape index (κ3) is 5.02. The summed E-state index contributed by atoms with van der Waals surface area (Å²) >= 11 is 0. The lowest BCUT2D eigenvalue weighted by Crippen LogP contribution is -2.17. The van der Waals surface area contributed by atoms with E-state index in [4.69, 9.17) is 13.8 Å². The largest absolute Gasteiger partial charge is 0.494 e. The highest BCUT2D eigenvalue weighted by molar-refractivity contribution is 7.53. The van der Waals surface area contributed by atoms with Crippen molar-refractivity contribution in [1.29, 1.82) is 0 Å². The second kappa shape index (κ2) is 9.68. The summed E-state index contributed by atoms with van der Waals surface area (Å²) in [5.41, 5.74) is 0.811. The topological polar surface area (TPSA) is 82.6 Å². The monoisotopic (exact) mass is 407 g/mol. The Hall–Kier alpha value is -1.69. The number of benzene rings is 1. The van der Waals surface area contributed by atoms with Crippen molar-refractivity contribution in [2.24, 2.45) is 5.92 Å². The van der Waals surface area contributed by atoms with E-state index >= 15 is 0 Å². The molecule has 7 nitrogen and oxygen atoms in total. The van der Waals surface area contributed by atoms with E-state index in [1.165, 1.54) is 0 Å². The fourth-order valence-electron chi connectivity index (χ4n) is 3.90. The highest BCUT2D eigenvalue weighted by Gasteiger charge is 2.30. The number of aromatic nitrogens is 2. The minimum Gasteiger partial charge on any atom is -0.494 e. The Kier molecular flexibility index (Phi) is 7.27. The Labute approximate surface area is 166 Å². The maximum atomic E-state index is 12.7. The Morgan fingerprint density at radius 3 is 2.68 bits per heavy atom. The summed E-state index contributed by atoms with van der Waals surface area (Å²) in [6.07, 6.45) is 6.09. The van der Waals surface area contributed by atoms with Gasteiger partial charge in [-0.3, -0.25) is 4.57 Å². The highest BCUT2D eigenvalue weighted by atomic mass is 31.2. The molecule has 28 heavy (non-hydrogen) atoms. The molecule has 0 spiro atoms. The number of para-hydroxylation sites is 1. The van der Waals surface area contributed by atoms with Crippen LogP contribution < -0.4 is 10.1 Å². The summed E-state index contributed by atoms with van der Waals surface area (Å²) in [6, 6.07) is 6.20. The molecule has 154 valence electrons. The van der Waals surface area contributed by atoms with Crippen LogP contribution in [0.25, 0.3) is 10.9 Å². The average Bonchev–Trinajstić information content (AvgIpc) is 3.14. The van der Waals surface area contributed by atoms with Crippen LogP contribution in [0, 0.1) is 5.92 Å². The summed E-state index contributed by atoms with van der Waals surface area (Å²) in [5.74, 6) is 2.09. The van der Waals surface area contributed by atoms with Gasteiger partial charge in [0.25, 0.3) is 0 Å². The number of rotatable bonds is 10. The van der Waals surface area contributed by atoms with Crippen molar-refractivity contribution in [3.63, 3.8) is 0 Å². The molecule has 0 bridgehead atoms. The van der Waals surface area contributed by atoms with Gasteiger partial charge in [0.2, 0.25) is 0 Å². The first-order chi connectivity index (χ1) is 13.6. The molecule has 1 saturated carbocycles.